The van der Waals surface area contributed by atoms with Crippen LogP contribution in [0.2, 0.25) is 0 Å². The third-order valence-electron chi connectivity index (χ3n) is 3.36. The number of aliphatic hydroxyl groups excluding tert-OH is 1. The van der Waals surface area contributed by atoms with Crippen molar-refractivity contribution < 1.29 is 5.11 Å². The van der Waals surface area contributed by atoms with Gasteiger partial charge in [0.15, 0.2) is 0 Å². The number of hydrogen-bond acceptors (Lipinski definition) is 2. The molecule has 0 saturated heterocycles. The minimum Gasteiger partial charge on any atom is -0.388 e. The number of rotatable bonds is 4. The average Bonchev–Trinajstić information content (AvgIpc) is 2.77. The zero-order valence-corrected chi connectivity index (χ0v) is 12.1. The van der Waals surface area contributed by atoms with E-state index in [4.69, 9.17) is 0 Å². The second-order valence-corrected chi connectivity index (χ2v) is 5.78. The van der Waals surface area contributed by atoms with Crippen molar-refractivity contribution in [3.05, 3.63) is 56.8 Å². The molecular weight excluding hydrogens is 240 g/mol. The fourth-order valence-electron chi connectivity index (χ4n) is 2.60. The van der Waals surface area contributed by atoms with Crippen LogP contribution in [0.4, 0.5) is 0 Å². The van der Waals surface area contributed by atoms with Crippen LogP contribution in [0.5, 0.6) is 0 Å². The van der Waals surface area contributed by atoms with Gasteiger partial charge in [-0.25, -0.2) is 0 Å². The molecule has 0 fully saturated rings. The Morgan fingerprint density at radius 3 is 2.39 bits per heavy atom. The molecule has 0 aliphatic rings. The smallest absolute Gasteiger partial charge is 0.0798 e. The first-order chi connectivity index (χ1) is 8.58. The maximum absolute atomic E-state index is 10.4. The molecule has 96 valence electrons. The minimum atomic E-state index is -0.356. The summed E-state index contributed by atoms with van der Waals surface area (Å²) in [4.78, 5) is 0. The SMILES string of the molecule is Cc1cc(C)c(C(O)CCc2ccsc2)c(C)c1. The summed E-state index contributed by atoms with van der Waals surface area (Å²) in [5.41, 5.74) is 6.09. The van der Waals surface area contributed by atoms with Gasteiger partial charge in [-0.15, -0.1) is 0 Å². The maximum atomic E-state index is 10.4. The first kappa shape index (κ1) is 13.3. The van der Waals surface area contributed by atoms with Gasteiger partial charge in [-0.1, -0.05) is 17.7 Å². The summed E-state index contributed by atoms with van der Waals surface area (Å²) < 4.78 is 0. The van der Waals surface area contributed by atoms with Gasteiger partial charge in [0, 0.05) is 0 Å². The van der Waals surface area contributed by atoms with Crippen molar-refractivity contribution in [1.29, 1.82) is 0 Å². The molecule has 2 heteroatoms. The van der Waals surface area contributed by atoms with Crippen molar-refractivity contribution in [1.82, 2.24) is 0 Å². The van der Waals surface area contributed by atoms with E-state index in [0.29, 0.717) is 0 Å². The lowest BCUT2D eigenvalue weighted by Gasteiger charge is -2.17. The van der Waals surface area contributed by atoms with Gasteiger partial charge in [0.05, 0.1) is 6.10 Å². The lowest BCUT2D eigenvalue weighted by Crippen LogP contribution is -2.04. The van der Waals surface area contributed by atoms with Crippen molar-refractivity contribution in [3.63, 3.8) is 0 Å². The number of aryl methyl sites for hydroxylation is 4. The molecule has 2 rings (SSSR count). The second kappa shape index (κ2) is 5.68. The molecule has 1 heterocycles. The molecule has 0 spiro atoms. The normalized spacial score (nSPS) is 12.7. The molecule has 1 nitrogen and oxygen atoms in total. The zero-order chi connectivity index (χ0) is 13.1. The third-order valence-corrected chi connectivity index (χ3v) is 4.09. The summed E-state index contributed by atoms with van der Waals surface area (Å²) in [5, 5.41) is 14.6. The Bertz CT molecular complexity index is 491. The van der Waals surface area contributed by atoms with E-state index >= 15 is 0 Å². The Hall–Kier alpha value is -1.12. The molecule has 0 aliphatic carbocycles. The lowest BCUT2D eigenvalue weighted by atomic mass is 9.93. The van der Waals surface area contributed by atoms with Crippen molar-refractivity contribution >= 4 is 11.3 Å². The first-order valence-electron chi connectivity index (χ1n) is 6.35. The highest BCUT2D eigenvalue weighted by molar-refractivity contribution is 7.07. The Balaban J connectivity index is 2.11. The Morgan fingerprint density at radius 1 is 1.17 bits per heavy atom. The number of thiophene rings is 1. The van der Waals surface area contributed by atoms with Gasteiger partial charge in [0.25, 0.3) is 0 Å². The van der Waals surface area contributed by atoms with Gasteiger partial charge in [-0.05, 0) is 72.7 Å². The highest BCUT2D eigenvalue weighted by atomic mass is 32.1. The molecular formula is C16H20OS. The van der Waals surface area contributed by atoms with Crippen LogP contribution in [0.1, 0.15) is 40.3 Å². The van der Waals surface area contributed by atoms with Crippen LogP contribution in [0.15, 0.2) is 29.0 Å². The molecule has 2 aromatic rings. The van der Waals surface area contributed by atoms with Crippen molar-refractivity contribution in [2.24, 2.45) is 0 Å². The van der Waals surface area contributed by atoms with E-state index in [1.165, 1.54) is 22.3 Å². The van der Waals surface area contributed by atoms with Gasteiger partial charge in [0.1, 0.15) is 0 Å². The summed E-state index contributed by atoms with van der Waals surface area (Å²) in [5.74, 6) is 0. The number of hydrogen-bond donors (Lipinski definition) is 1. The molecule has 0 saturated carbocycles. The standard InChI is InChI=1S/C16H20OS/c1-11-8-12(2)16(13(3)9-11)15(17)5-4-14-6-7-18-10-14/h6-10,15,17H,4-5H2,1-3H3. The van der Waals surface area contributed by atoms with Gasteiger partial charge in [-0.2, -0.15) is 11.3 Å². The lowest BCUT2D eigenvalue weighted by molar-refractivity contribution is 0.166. The van der Waals surface area contributed by atoms with E-state index < -0.39 is 0 Å². The monoisotopic (exact) mass is 260 g/mol. The Labute approximate surface area is 113 Å². The van der Waals surface area contributed by atoms with Crippen LogP contribution in [0, 0.1) is 20.8 Å². The second-order valence-electron chi connectivity index (χ2n) is 5.00. The molecule has 1 aromatic heterocycles. The molecule has 18 heavy (non-hydrogen) atoms. The fraction of sp³-hybridized carbons (Fsp3) is 0.375. The minimum absolute atomic E-state index is 0.356. The third kappa shape index (κ3) is 3.01. The quantitative estimate of drug-likeness (QED) is 0.867. The van der Waals surface area contributed by atoms with Crippen LogP contribution >= 0.6 is 11.3 Å². The van der Waals surface area contributed by atoms with Crippen LogP contribution < -0.4 is 0 Å². The summed E-state index contributed by atoms with van der Waals surface area (Å²) in [6.45, 7) is 6.27. The summed E-state index contributed by atoms with van der Waals surface area (Å²) in [7, 11) is 0. The number of benzene rings is 1. The van der Waals surface area contributed by atoms with Gasteiger partial charge in [0.2, 0.25) is 0 Å². The summed E-state index contributed by atoms with van der Waals surface area (Å²) in [6.07, 6.45) is 1.38. The highest BCUT2D eigenvalue weighted by Gasteiger charge is 2.13. The predicted molar refractivity (Wildman–Crippen MR) is 78.3 cm³/mol. The van der Waals surface area contributed by atoms with Crippen molar-refractivity contribution in [3.8, 4) is 0 Å². The van der Waals surface area contributed by atoms with E-state index in [2.05, 4.69) is 49.7 Å². The molecule has 0 amide bonds. The van der Waals surface area contributed by atoms with Crippen LogP contribution in [-0.2, 0) is 6.42 Å². The first-order valence-corrected chi connectivity index (χ1v) is 7.29. The number of aliphatic hydroxyl groups is 1. The zero-order valence-electron chi connectivity index (χ0n) is 11.2. The molecule has 0 radical (unpaired) electrons. The maximum Gasteiger partial charge on any atom is 0.0798 e. The molecule has 1 N–H and O–H groups in total. The van der Waals surface area contributed by atoms with Crippen LogP contribution in [-0.4, -0.2) is 5.11 Å². The fourth-order valence-corrected chi connectivity index (χ4v) is 3.30. The summed E-state index contributed by atoms with van der Waals surface area (Å²) >= 11 is 1.71. The van der Waals surface area contributed by atoms with Crippen molar-refractivity contribution in [2.75, 3.05) is 0 Å². The Kier molecular flexibility index (Phi) is 4.20. The van der Waals surface area contributed by atoms with E-state index in [1.807, 2.05) is 0 Å². The van der Waals surface area contributed by atoms with E-state index in [9.17, 15) is 5.11 Å². The average molecular weight is 260 g/mol. The van der Waals surface area contributed by atoms with Crippen LogP contribution in [0.3, 0.4) is 0 Å². The molecule has 0 aliphatic heterocycles. The van der Waals surface area contributed by atoms with Gasteiger partial charge >= 0.3 is 0 Å². The topological polar surface area (TPSA) is 20.2 Å². The molecule has 1 unspecified atom stereocenters. The van der Waals surface area contributed by atoms with E-state index in [1.54, 1.807) is 11.3 Å². The largest absolute Gasteiger partial charge is 0.388 e. The van der Waals surface area contributed by atoms with E-state index in [0.717, 1.165) is 18.4 Å². The predicted octanol–water partition coefficient (Wildman–Crippen LogP) is 4.34. The molecule has 0 bridgehead atoms. The molecule has 1 aromatic carbocycles. The Morgan fingerprint density at radius 2 is 1.83 bits per heavy atom. The van der Waals surface area contributed by atoms with Gasteiger partial charge in [-0.3, -0.25) is 0 Å². The van der Waals surface area contributed by atoms with Gasteiger partial charge < -0.3 is 5.11 Å². The van der Waals surface area contributed by atoms with E-state index in [-0.39, 0.29) is 6.10 Å². The molecule has 1 atom stereocenters. The summed E-state index contributed by atoms with van der Waals surface area (Å²) in [6, 6.07) is 6.43. The highest BCUT2D eigenvalue weighted by Crippen LogP contribution is 2.27. The van der Waals surface area contributed by atoms with Crippen molar-refractivity contribution in [2.45, 2.75) is 39.7 Å². The van der Waals surface area contributed by atoms with Crippen LogP contribution in [0.25, 0.3) is 0 Å².